The van der Waals surface area contributed by atoms with Gasteiger partial charge in [0.25, 0.3) is 5.78 Å². The zero-order chi connectivity index (χ0) is 33.0. The molecule has 1 aromatic heterocycles. The number of anilines is 1. The van der Waals surface area contributed by atoms with Gasteiger partial charge in [-0.05, 0) is 57.2 Å². The number of ketones is 2. The number of benzene rings is 1. The molecule has 0 aliphatic carbocycles. The molecule has 3 atom stereocenters. The number of unbranched alkanes of at least 4 members (excludes halogenated alkanes) is 1. The van der Waals surface area contributed by atoms with Gasteiger partial charge < -0.3 is 42.7 Å². The minimum Gasteiger partial charge on any atom is -0.460 e. The normalized spacial score (nSPS) is 12.6. The number of carbonyl (C=O) groups excluding carboxylic acids is 5. The molecule has 0 radical (unpaired) electrons. The summed E-state index contributed by atoms with van der Waals surface area (Å²) < 4.78 is 10.2. The predicted octanol–water partition coefficient (Wildman–Crippen LogP) is 0.351. The van der Waals surface area contributed by atoms with E-state index in [2.05, 4.69) is 15.6 Å². The molecule has 1 aromatic carbocycles. The zero-order valence-electron chi connectivity index (χ0n) is 25.6. The first-order valence-electron chi connectivity index (χ1n) is 14.3. The summed E-state index contributed by atoms with van der Waals surface area (Å²) in [6, 6.07) is 1.15. The van der Waals surface area contributed by atoms with Gasteiger partial charge in [-0.2, -0.15) is 0 Å². The van der Waals surface area contributed by atoms with Crippen LogP contribution < -0.4 is 39.2 Å². The average Bonchev–Trinajstić information content (AvgIpc) is 2.96. The first-order valence-corrected chi connectivity index (χ1v) is 14.3. The van der Waals surface area contributed by atoms with Crippen LogP contribution in [0.5, 0.6) is 0 Å². The fraction of sp³-hybridized carbons (Fsp3) is 0.483. The third-order valence-corrected chi connectivity index (χ3v) is 6.74. The molecule has 2 rings (SSSR count). The van der Waals surface area contributed by atoms with Crippen LogP contribution in [0.2, 0.25) is 0 Å². The quantitative estimate of drug-likeness (QED) is 0.0198. The summed E-state index contributed by atoms with van der Waals surface area (Å²) in [5, 5.41) is 5.56. The summed E-state index contributed by atoms with van der Waals surface area (Å²) in [4.78, 5) is 79.8. The van der Waals surface area contributed by atoms with Gasteiger partial charge in [0.15, 0.2) is 11.7 Å². The molecule has 0 fully saturated rings. The SMILES string of the molecule is CCCCOC(=O)C(=O)[C@@H](N)CCC(=O)N[C@@H](C)C(=O)N[C@@H](CCCN=C(N)N)C(=O)c1c(C)c2ccc(N)cc2oc1=O.Cl. The van der Waals surface area contributed by atoms with Crippen molar-refractivity contribution in [2.75, 3.05) is 18.9 Å². The molecule has 0 bridgehead atoms. The van der Waals surface area contributed by atoms with Gasteiger partial charge in [0.1, 0.15) is 17.2 Å². The summed E-state index contributed by atoms with van der Waals surface area (Å²) >= 11 is 0. The Bertz CT molecular complexity index is 1470. The van der Waals surface area contributed by atoms with Crippen LogP contribution in [-0.4, -0.2) is 66.6 Å². The lowest BCUT2D eigenvalue weighted by molar-refractivity contribution is -0.154. The van der Waals surface area contributed by atoms with E-state index in [1.54, 1.807) is 19.1 Å². The number of rotatable bonds is 17. The molecule has 2 aromatic rings. The Morgan fingerprint density at radius 3 is 2.40 bits per heavy atom. The number of nitrogens with one attached hydrogen (secondary N) is 2. The number of esters is 1. The lowest BCUT2D eigenvalue weighted by atomic mass is 9.95. The lowest BCUT2D eigenvalue weighted by Gasteiger charge is -2.21. The summed E-state index contributed by atoms with van der Waals surface area (Å²) in [7, 11) is 0. The van der Waals surface area contributed by atoms with Crippen molar-refractivity contribution >= 4 is 64.4 Å². The maximum absolute atomic E-state index is 13.6. The topological polar surface area (TPSA) is 265 Å². The maximum atomic E-state index is 13.6. The van der Waals surface area contributed by atoms with E-state index in [1.165, 1.54) is 13.0 Å². The van der Waals surface area contributed by atoms with Crippen LogP contribution in [0.3, 0.4) is 0 Å². The average molecular weight is 652 g/mol. The van der Waals surface area contributed by atoms with Crippen LogP contribution >= 0.6 is 12.4 Å². The van der Waals surface area contributed by atoms with Gasteiger partial charge in [0.05, 0.1) is 18.7 Å². The van der Waals surface area contributed by atoms with E-state index in [4.69, 9.17) is 32.1 Å². The largest absolute Gasteiger partial charge is 0.460 e. The van der Waals surface area contributed by atoms with E-state index in [0.717, 1.165) is 6.42 Å². The smallest absolute Gasteiger partial charge is 0.376 e. The summed E-state index contributed by atoms with van der Waals surface area (Å²) in [5.74, 6) is -4.17. The molecule has 2 amide bonds. The highest BCUT2D eigenvalue weighted by Crippen LogP contribution is 2.23. The second-order valence-electron chi connectivity index (χ2n) is 10.3. The molecule has 0 saturated carbocycles. The van der Waals surface area contributed by atoms with Gasteiger partial charge >= 0.3 is 11.6 Å². The number of halogens is 1. The third kappa shape index (κ3) is 11.5. The predicted molar refractivity (Wildman–Crippen MR) is 171 cm³/mol. The molecule has 0 spiro atoms. The van der Waals surface area contributed by atoms with Crippen LogP contribution in [0.25, 0.3) is 11.0 Å². The van der Waals surface area contributed by atoms with Crippen LogP contribution in [-0.2, 0) is 23.9 Å². The Kier molecular flexibility index (Phi) is 15.7. The third-order valence-electron chi connectivity index (χ3n) is 6.74. The Labute approximate surface area is 266 Å². The highest BCUT2D eigenvalue weighted by Gasteiger charge is 2.30. The Morgan fingerprint density at radius 1 is 1.07 bits per heavy atom. The number of aryl methyl sites for hydroxylation is 1. The first kappa shape index (κ1) is 38.5. The van der Waals surface area contributed by atoms with Gasteiger partial charge in [-0.3, -0.25) is 24.2 Å². The number of guanidine groups is 1. The lowest BCUT2D eigenvalue weighted by Crippen LogP contribution is -2.51. The number of carbonyl (C=O) groups is 5. The standard InChI is InChI=1S/C29H41N7O8.ClH/c1-4-5-13-43-28(42)24(38)19(31)10-11-22(37)35-16(3)26(40)36-20(7-6-12-34-29(32)33)25(39)23-15(2)18-9-8-17(30)14-21(18)44-27(23)41;/h8-9,14,16,19-20H,4-7,10-13,30-31H2,1-3H3,(H,35,37)(H,36,40)(H4,32,33,34);1H/t16-,19-,20-;/m0./s1. The van der Waals surface area contributed by atoms with Crippen molar-refractivity contribution in [3.63, 3.8) is 0 Å². The van der Waals surface area contributed by atoms with Crippen LogP contribution in [0, 0.1) is 6.92 Å². The highest BCUT2D eigenvalue weighted by molar-refractivity contribution is 6.35. The van der Waals surface area contributed by atoms with Gasteiger partial charge in [-0.1, -0.05) is 13.3 Å². The molecule has 0 saturated heterocycles. The number of Topliss-reactive ketones (excluding diaryl/α,β-unsaturated/α-hetero) is 2. The maximum Gasteiger partial charge on any atom is 0.376 e. The molecular formula is C29H42ClN7O8. The number of ether oxygens (including phenoxy) is 1. The molecular weight excluding hydrogens is 610 g/mol. The second kappa shape index (κ2) is 18.3. The van der Waals surface area contributed by atoms with Crippen molar-refractivity contribution in [2.24, 2.45) is 22.2 Å². The molecule has 248 valence electrons. The van der Waals surface area contributed by atoms with E-state index >= 15 is 0 Å². The zero-order valence-corrected chi connectivity index (χ0v) is 26.4. The van der Waals surface area contributed by atoms with Crippen molar-refractivity contribution in [2.45, 2.75) is 77.4 Å². The molecule has 15 nitrogen and oxygen atoms in total. The fourth-order valence-corrected chi connectivity index (χ4v) is 4.23. The number of nitrogens with two attached hydrogens (primary N) is 4. The van der Waals surface area contributed by atoms with Crippen molar-refractivity contribution in [3.8, 4) is 0 Å². The summed E-state index contributed by atoms with van der Waals surface area (Å²) in [6.45, 7) is 5.13. The number of hydrogen-bond donors (Lipinski definition) is 6. The summed E-state index contributed by atoms with van der Waals surface area (Å²) in [5.41, 5.74) is 22.1. The van der Waals surface area contributed by atoms with Crippen molar-refractivity contribution in [1.29, 1.82) is 0 Å². The molecule has 0 unspecified atom stereocenters. The Balaban J connectivity index is 0.0000101. The van der Waals surface area contributed by atoms with E-state index < -0.39 is 53.1 Å². The molecule has 16 heteroatoms. The number of hydrogen-bond acceptors (Lipinski definition) is 11. The molecule has 0 aliphatic heterocycles. The number of amides is 2. The van der Waals surface area contributed by atoms with E-state index in [1.807, 2.05) is 6.92 Å². The van der Waals surface area contributed by atoms with Gasteiger partial charge in [-0.15, -0.1) is 12.4 Å². The number of nitrogen functional groups attached to an aromatic ring is 1. The summed E-state index contributed by atoms with van der Waals surface area (Å²) in [6.07, 6.45) is 1.31. The minimum atomic E-state index is -1.25. The second-order valence-corrected chi connectivity index (χ2v) is 10.3. The van der Waals surface area contributed by atoms with E-state index in [0.29, 0.717) is 23.1 Å². The van der Waals surface area contributed by atoms with Crippen LogP contribution in [0.4, 0.5) is 5.69 Å². The van der Waals surface area contributed by atoms with E-state index in [9.17, 15) is 28.8 Å². The van der Waals surface area contributed by atoms with Gasteiger partial charge in [-0.25, -0.2) is 9.59 Å². The number of fused-ring (bicyclic) bond motifs is 1. The fourth-order valence-electron chi connectivity index (χ4n) is 4.23. The van der Waals surface area contributed by atoms with Crippen molar-refractivity contribution in [1.82, 2.24) is 10.6 Å². The van der Waals surface area contributed by atoms with Gasteiger partial charge in [0, 0.05) is 30.1 Å². The van der Waals surface area contributed by atoms with Crippen molar-refractivity contribution < 1.29 is 33.1 Å². The van der Waals surface area contributed by atoms with Crippen LogP contribution in [0.1, 0.15) is 68.3 Å². The van der Waals surface area contributed by atoms with Crippen LogP contribution in [0.15, 0.2) is 32.4 Å². The number of aliphatic imine (C=N–C) groups is 1. The molecule has 0 aliphatic rings. The highest BCUT2D eigenvalue weighted by atomic mass is 35.5. The first-order chi connectivity index (χ1) is 20.8. The molecule has 10 N–H and O–H groups in total. The van der Waals surface area contributed by atoms with Crippen molar-refractivity contribution in [3.05, 3.63) is 39.7 Å². The Morgan fingerprint density at radius 2 is 1.76 bits per heavy atom. The molecule has 1 heterocycles. The molecule has 45 heavy (non-hydrogen) atoms. The number of nitrogens with zero attached hydrogens (tertiary/aromatic N) is 1. The monoisotopic (exact) mass is 651 g/mol. The van der Waals surface area contributed by atoms with E-state index in [-0.39, 0.29) is 68.3 Å². The minimum absolute atomic E-state index is 0. The Hall–Kier alpha value is -4.50. The van der Waals surface area contributed by atoms with Gasteiger partial charge in [0.2, 0.25) is 11.8 Å².